The highest BCUT2D eigenvalue weighted by Crippen LogP contribution is 2.22. The van der Waals surface area contributed by atoms with Crippen molar-refractivity contribution in [1.29, 1.82) is 0 Å². The summed E-state index contributed by atoms with van der Waals surface area (Å²) >= 11 is 0. The van der Waals surface area contributed by atoms with Crippen LogP contribution in [0.5, 0.6) is 5.75 Å². The van der Waals surface area contributed by atoms with Crippen LogP contribution >= 0.6 is 0 Å². The first-order chi connectivity index (χ1) is 10.7. The van der Waals surface area contributed by atoms with Crippen LogP contribution in [0.1, 0.15) is 6.42 Å². The second-order valence-corrected chi connectivity index (χ2v) is 5.59. The van der Waals surface area contributed by atoms with Crippen molar-refractivity contribution in [3.63, 3.8) is 0 Å². The highest BCUT2D eigenvalue weighted by atomic mass is 16.5. The summed E-state index contributed by atoms with van der Waals surface area (Å²) in [4.78, 5) is 9.23. The Bertz CT molecular complexity index is 491. The Morgan fingerprint density at radius 3 is 2.91 bits per heavy atom. The maximum Gasteiger partial charge on any atom is 0.193 e. The number of guanidine groups is 1. The van der Waals surface area contributed by atoms with Gasteiger partial charge in [-0.15, -0.1) is 0 Å². The zero-order chi connectivity index (χ0) is 15.8. The molecule has 3 N–H and O–H groups in total. The lowest BCUT2D eigenvalue weighted by molar-refractivity contribution is 0.283. The summed E-state index contributed by atoms with van der Waals surface area (Å²) in [5, 5.41) is 3.09. The third kappa shape index (κ3) is 5.20. The number of likely N-dealkylation sites (N-methyl/N-ethyl adjacent to an activating group) is 1. The van der Waals surface area contributed by atoms with Gasteiger partial charge in [-0.3, -0.25) is 4.99 Å². The molecule has 1 aliphatic rings. The number of ether oxygens (including phenoxy) is 1. The van der Waals surface area contributed by atoms with Crippen LogP contribution in [0.3, 0.4) is 0 Å². The van der Waals surface area contributed by atoms with E-state index in [4.69, 9.17) is 10.5 Å². The minimum Gasteiger partial charge on any atom is -0.495 e. The van der Waals surface area contributed by atoms with Gasteiger partial charge in [-0.05, 0) is 38.7 Å². The lowest BCUT2D eigenvalue weighted by Crippen LogP contribution is -2.32. The molecule has 0 aromatic heterocycles. The number of benzene rings is 1. The highest BCUT2D eigenvalue weighted by molar-refractivity contribution is 5.93. The molecule has 0 bridgehead atoms. The number of nitrogens with two attached hydrogens (primary N) is 1. The van der Waals surface area contributed by atoms with E-state index in [1.807, 2.05) is 24.3 Å². The number of aliphatic imine (C=N–C) groups is 1. The van der Waals surface area contributed by atoms with Crippen LogP contribution in [0.15, 0.2) is 29.3 Å². The minimum absolute atomic E-state index is 0.427. The quantitative estimate of drug-likeness (QED) is 0.629. The fourth-order valence-electron chi connectivity index (χ4n) is 2.56. The van der Waals surface area contributed by atoms with Gasteiger partial charge in [0.15, 0.2) is 5.96 Å². The number of anilines is 1. The van der Waals surface area contributed by atoms with Crippen molar-refractivity contribution in [2.24, 2.45) is 10.7 Å². The molecule has 2 rings (SSSR count). The first-order valence-corrected chi connectivity index (χ1v) is 7.80. The van der Waals surface area contributed by atoms with E-state index in [1.165, 1.54) is 13.0 Å². The van der Waals surface area contributed by atoms with Crippen LogP contribution in [-0.4, -0.2) is 69.2 Å². The lowest BCUT2D eigenvalue weighted by atomic mass is 10.3. The van der Waals surface area contributed by atoms with Crippen LogP contribution < -0.4 is 15.8 Å². The monoisotopic (exact) mass is 305 g/mol. The predicted octanol–water partition coefficient (Wildman–Crippen LogP) is 1.06. The van der Waals surface area contributed by atoms with E-state index in [0.29, 0.717) is 12.5 Å². The Morgan fingerprint density at radius 2 is 2.09 bits per heavy atom. The third-order valence-electron chi connectivity index (χ3n) is 3.88. The smallest absolute Gasteiger partial charge is 0.193 e. The minimum atomic E-state index is 0.427. The normalized spacial score (nSPS) is 18.0. The average molecular weight is 305 g/mol. The molecule has 0 aliphatic carbocycles. The molecule has 1 fully saturated rings. The molecule has 1 heterocycles. The van der Waals surface area contributed by atoms with Crippen molar-refractivity contribution in [3.8, 4) is 5.75 Å². The third-order valence-corrected chi connectivity index (χ3v) is 3.88. The molecule has 1 saturated heterocycles. The molecular weight excluding hydrogens is 278 g/mol. The van der Waals surface area contributed by atoms with E-state index in [0.717, 1.165) is 37.6 Å². The van der Waals surface area contributed by atoms with E-state index in [9.17, 15) is 0 Å². The maximum atomic E-state index is 5.95. The van der Waals surface area contributed by atoms with Crippen LogP contribution in [-0.2, 0) is 0 Å². The molecule has 1 aliphatic heterocycles. The van der Waals surface area contributed by atoms with Crippen molar-refractivity contribution in [2.75, 3.05) is 58.7 Å². The molecular formula is C16H27N5O. The van der Waals surface area contributed by atoms with Gasteiger partial charge in [0.25, 0.3) is 0 Å². The van der Waals surface area contributed by atoms with Crippen molar-refractivity contribution < 1.29 is 4.74 Å². The molecule has 1 aromatic rings. The molecule has 0 unspecified atom stereocenters. The molecule has 6 heteroatoms. The number of hydrogen-bond donors (Lipinski definition) is 2. The van der Waals surface area contributed by atoms with Crippen LogP contribution in [0.4, 0.5) is 5.69 Å². The van der Waals surface area contributed by atoms with Gasteiger partial charge in [-0.25, -0.2) is 0 Å². The maximum absolute atomic E-state index is 5.95. The zero-order valence-electron chi connectivity index (χ0n) is 13.6. The van der Waals surface area contributed by atoms with Crippen molar-refractivity contribution in [1.82, 2.24) is 9.80 Å². The first-order valence-electron chi connectivity index (χ1n) is 7.80. The number of methoxy groups -OCH3 is 1. The number of nitrogens with zero attached hydrogens (tertiary/aromatic N) is 3. The molecule has 122 valence electrons. The van der Waals surface area contributed by atoms with Crippen molar-refractivity contribution >= 4 is 11.6 Å². The van der Waals surface area contributed by atoms with Crippen LogP contribution in [0.2, 0.25) is 0 Å². The van der Waals surface area contributed by atoms with Gasteiger partial charge >= 0.3 is 0 Å². The molecule has 0 amide bonds. The predicted molar refractivity (Wildman–Crippen MR) is 91.7 cm³/mol. The van der Waals surface area contributed by atoms with Gasteiger partial charge in [0.2, 0.25) is 0 Å². The number of hydrogen-bond acceptors (Lipinski definition) is 4. The van der Waals surface area contributed by atoms with Crippen LogP contribution in [0.25, 0.3) is 0 Å². The molecule has 0 saturated carbocycles. The average Bonchev–Trinajstić information content (AvgIpc) is 2.72. The standard InChI is InChI=1S/C16H27N5O/c1-20-9-5-10-21(13-12-20)11-8-18-16(17)19-14-6-3-4-7-15(14)22-2/h3-4,6-7H,5,8-13H2,1-2H3,(H3,17,18,19). The SMILES string of the molecule is COc1ccccc1NC(N)=NCCN1CCCN(C)CC1. The topological polar surface area (TPSA) is 66.1 Å². The summed E-state index contributed by atoms with van der Waals surface area (Å²) in [6.07, 6.45) is 1.22. The van der Waals surface area contributed by atoms with E-state index in [1.54, 1.807) is 7.11 Å². The van der Waals surface area contributed by atoms with Crippen molar-refractivity contribution in [3.05, 3.63) is 24.3 Å². The number of rotatable bonds is 5. The Labute approximate surface area is 132 Å². The summed E-state index contributed by atoms with van der Waals surface area (Å²) in [6, 6.07) is 7.68. The molecule has 6 nitrogen and oxygen atoms in total. The van der Waals surface area contributed by atoms with Gasteiger partial charge in [0.1, 0.15) is 5.75 Å². The number of para-hydroxylation sites is 2. The highest BCUT2D eigenvalue weighted by Gasteiger charge is 2.11. The molecule has 0 atom stereocenters. The second kappa shape index (κ2) is 8.60. The molecule has 0 spiro atoms. The Kier molecular flexibility index (Phi) is 6.48. The van der Waals surface area contributed by atoms with E-state index in [2.05, 4.69) is 27.2 Å². The van der Waals surface area contributed by atoms with Gasteiger partial charge in [0.05, 0.1) is 19.3 Å². The van der Waals surface area contributed by atoms with Crippen molar-refractivity contribution in [2.45, 2.75) is 6.42 Å². The Hall–Kier alpha value is -1.79. The molecule has 0 radical (unpaired) electrons. The van der Waals surface area contributed by atoms with Gasteiger partial charge in [-0.2, -0.15) is 0 Å². The Morgan fingerprint density at radius 1 is 1.27 bits per heavy atom. The fraction of sp³-hybridized carbons (Fsp3) is 0.562. The molecule has 1 aromatic carbocycles. The summed E-state index contributed by atoms with van der Waals surface area (Å²) in [7, 11) is 3.82. The summed E-state index contributed by atoms with van der Waals surface area (Å²) in [6.45, 7) is 6.20. The van der Waals surface area contributed by atoms with Gasteiger partial charge in [-0.1, -0.05) is 12.1 Å². The summed E-state index contributed by atoms with van der Waals surface area (Å²) in [5.41, 5.74) is 6.79. The fourth-order valence-corrected chi connectivity index (χ4v) is 2.56. The van der Waals surface area contributed by atoms with E-state index < -0.39 is 0 Å². The zero-order valence-corrected chi connectivity index (χ0v) is 13.6. The van der Waals surface area contributed by atoms with Gasteiger partial charge in [0, 0.05) is 19.6 Å². The summed E-state index contributed by atoms with van der Waals surface area (Å²) in [5.74, 6) is 1.19. The number of nitrogens with one attached hydrogen (secondary N) is 1. The first kappa shape index (κ1) is 16.6. The lowest BCUT2D eigenvalue weighted by Gasteiger charge is -2.19. The molecule has 22 heavy (non-hydrogen) atoms. The Balaban J connectivity index is 1.80. The van der Waals surface area contributed by atoms with E-state index in [-0.39, 0.29) is 0 Å². The second-order valence-electron chi connectivity index (χ2n) is 5.59. The van der Waals surface area contributed by atoms with Crippen LogP contribution in [0, 0.1) is 0 Å². The van der Waals surface area contributed by atoms with Gasteiger partial charge < -0.3 is 25.6 Å². The summed E-state index contributed by atoms with van der Waals surface area (Å²) < 4.78 is 5.28. The largest absolute Gasteiger partial charge is 0.495 e. The van der Waals surface area contributed by atoms with E-state index >= 15 is 0 Å².